The summed E-state index contributed by atoms with van der Waals surface area (Å²) in [6.07, 6.45) is -0.256. The maximum absolute atomic E-state index is 13.2. The maximum Gasteiger partial charge on any atom is 0.305 e. The molecule has 29 heavy (non-hydrogen) atoms. The smallest absolute Gasteiger partial charge is 0.305 e. The van der Waals surface area contributed by atoms with Crippen LogP contribution in [0.4, 0.5) is 4.39 Å². The van der Waals surface area contributed by atoms with Crippen molar-refractivity contribution in [2.24, 2.45) is 0 Å². The van der Waals surface area contributed by atoms with Crippen LogP contribution in [-0.2, 0) is 4.79 Å². The lowest BCUT2D eigenvalue weighted by Gasteiger charge is -2.17. The maximum atomic E-state index is 13.2. The number of hydrogen-bond donors (Lipinski definition) is 2. The molecule has 0 saturated heterocycles. The summed E-state index contributed by atoms with van der Waals surface area (Å²) in [5.74, 6) is -1.12. The van der Waals surface area contributed by atoms with Crippen LogP contribution in [0, 0.1) is 12.7 Å². The quantitative estimate of drug-likeness (QED) is 0.582. The highest BCUT2D eigenvalue weighted by Gasteiger charge is 2.21. The minimum atomic E-state index is -1.02. The topological polar surface area (TPSA) is 75.6 Å². The van der Waals surface area contributed by atoms with Crippen LogP contribution >= 0.6 is 11.3 Å². The first kappa shape index (κ1) is 20.5. The number of carboxylic acid groups (broad SMARTS) is 1. The minimum Gasteiger partial charge on any atom is -0.497 e. The van der Waals surface area contributed by atoms with Crippen molar-refractivity contribution >= 4 is 23.2 Å². The van der Waals surface area contributed by atoms with Crippen molar-refractivity contribution in [2.75, 3.05) is 7.11 Å². The van der Waals surface area contributed by atoms with Gasteiger partial charge < -0.3 is 15.2 Å². The Morgan fingerprint density at radius 1 is 1.17 bits per heavy atom. The molecule has 0 spiro atoms. The number of ether oxygens (including phenoxy) is 1. The van der Waals surface area contributed by atoms with Crippen molar-refractivity contribution in [3.8, 4) is 16.9 Å². The molecule has 1 heterocycles. The summed E-state index contributed by atoms with van der Waals surface area (Å²) in [5, 5.41) is 12.1. The van der Waals surface area contributed by atoms with Gasteiger partial charge in [-0.25, -0.2) is 4.39 Å². The van der Waals surface area contributed by atoms with Crippen molar-refractivity contribution in [3.05, 3.63) is 75.7 Å². The second kappa shape index (κ2) is 8.87. The van der Waals surface area contributed by atoms with E-state index in [0.29, 0.717) is 16.2 Å². The fourth-order valence-corrected chi connectivity index (χ4v) is 3.97. The number of halogens is 1. The molecule has 0 fully saturated rings. The Morgan fingerprint density at radius 2 is 1.90 bits per heavy atom. The molecule has 0 radical (unpaired) electrons. The lowest BCUT2D eigenvalue weighted by molar-refractivity contribution is -0.137. The fourth-order valence-electron chi connectivity index (χ4n) is 3.02. The number of aliphatic carboxylic acids is 1. The number of hydrogen-bond acceptors (Lipinski definition) is 4. The van der Waals surface area contributed by atoms with Crippen LogP contribution in [0.5, 0.6) is 5.75 Å². The molecule has 0 bridgehead atoms. The number of rotatable bonds is 7. The first-order valence-electron chi connectivity index (χ1n) is 8.90. The Kier molecular flexibility index (Phi) is 6.29. The number of carboxylic acids is 1. The third-order valence-corrected chi connectivity index (χ3v) is 5.53. The SMILES string of the molecule is COc1cccc(C(CC(=O)O)NC(=O)c2cc(-c3ccc(F)cc3)c(C)s2)c1. The van der Waals surface area contributed by atoms with Crippen molar-refractivity contribution in [1.82, 2.24) is 5.32 Å². The standard InChI is InChI=1S/C22H20FNO4S/c1-13-18(14-6-8-16(23)9-7-14)11-20(29-13)22(27)24-19(12-21(25)26)15-4-3-5-17(10-15)28-2/h3-11,19H,12H2,1-2H3,(H,24,27)(H,25,26). The van der Waals surface area contributed by atoms with E-state index in [1.807, 2.05) is 6.92 Å². The lowest BCUT2D eigenvalue weighted by atomic mass is 10.0. The number of nitrogens with one attached hydrogen (secondary N) is 1. The van der Waals surface area contributed by atoms with Gasteiger partial charge >= 0.3 is 5.97 Å². The van der Waals surface area contributed by atoms with E-state index < -0.39 is 12.0 Å². The van der Waals surface area contributed by atoms with Crippen molar-refractivity contribution < 1.29 is 23.8 Å². The highest BCUT2D eigenvalue weighted by Crippen LogP contribution is 2.32. The third kappa shape index (κ3) is 5.00. The monoisotopic (exact) mass is 413 g/mol. The second-order valence-corrected chi connectivity index (χ2v) is 7.74. The van der Waals surface area contributed by atoms with Gasteiger partial charge in [0.25, 0.3) is 5.91 Å². The largest absolute Gasteiger partial charge is 0.497 e. The average Bonchev–Trinajstić information content (AvgIpc) is 3.09. The summed E-state index contributed by atoms with van der Waals surface area (Å²) >= 11 is 1.31. The van der Waals surface area contributed by atoms with Crippen LogP contribution in [0.3, 0.4) is 0 Å². The Labute approximate surface area is 171 Å². The molecule has 2 N–H and O–H groups in total. The Morgan fingerprint density at radius 3 is 2.55 bits per heavy atom. The lowest BCUT2D eigenvalue weighted by Crippen LogP contribution is -2.29. The van der Waals surface area contributed by atoms with E-state index >= 15 is 0 Å². The summed E-state index contributed by atoms with van der Waals surface area (Å²) in [7, 11) is 1.52. The molecule has 3 rings (SSSR count). The van der Waals surface area contributed by atoms with Gasteiger partial charge in [-0.1, -0.05) is 24.3 Å². The highest BCUT2D eigenvalue weighted by atomic mass is 32.1. The van der Waals surface area contributed by atoms with Crippen LogP contribution in [0.1, 0.15) is 32.6 Å². The minimum absolute atomic E-state index is 0.256. The van der Waals surface area contributed by atoms with Gasteiger partial charge in [0.05, 0.1) is 24.4 Å². The molecule has 2 aromatic carbocycles. The number of thiophene rings is 1. The molecular weight excluding hydrogens is 393 g/mol. The number of amides is 1. The van der Waals surface area contributed by atoms with Crippen molar-refractivity contribution in [1.29, 1.82) is 0 Å². The zero-order valence-electron chi connectivity index (χ0n) is 15.9. The number of aryl methyl sites for hydroxylation is 1. The Bertz CT molecular complexity index is 1030. The van der Waals surface area contributed by atoms with Crippen molar-refractivity contribution in [3.63, 3.8) is 0 Å². The predicted octanol–water partition coefficient (Wildman–Crippen LogP) is 4.82. The van der Waals surface area contributed by atoms with E-state index in [-0.39, 0.29) is 18.1 Å². The predicted molar refractivity (Wildman–Crippen MR) is 110 cm³/mol. The summed E-state index contributed by atoms with van der Waals surface area (Å²) in [4.78, 5) is 25.5. The first-order valence-corrected chi connectivity index (χ1v) is 9.72. The van der Waals surface area contributed by atoms with Gasteiger partial charge in [-0.3, -0.25) is 9.59 Å². The molecule has 0 aliphatic heterocycles. The van der Waals surface area contributed by atoms with Gasteiger partial charge in [0.15, 0.2) is 0 Å². The van der Waals surface area contributed by atoms with Crippen LogP contribution in [0.2, 0.25) is 0 Å². The number of carbonyl (C=O) groups excluding carboxylic acids is 1. The van der Waals surface area contributed by atoms with Gasteiger partial charge in [-0.2, -0.15) is 0 Å². The Balaban J connectivity index is 1.85. The highest BCUT2D eigenvalue weighted by molar-refractivity contribution is 7.14. The summed E-state index contributed by atoms with van der Waals surface area (Å²) in [5.41, 5.74) is 2.30. The molecule has 7 heteroatoms. The zero-order valence-corrected chi connectivity index (χ0v) is 16.8. The fraction of sp³-hybridized carbons (Fsp3) is 0.182. The van der Waals surface area contributed by atoms with Gasteiger partial charge in [-0.05, 0) is 53.9 Å². The van der Waals surface area contributed by atoms with Gasteiger partial charge in [0, 0.05) is 4.88 Å². The molecule has 3 aromatic rings. The van der Waals surface area contributed by atoms with Crippen LogP contribution in [0.25, 0.3) is 11.1 Å². The van der Waals surface area contributed by atoms with Crippen LogP contribution in [0.15, 0.2) is 54.6 Å². The first-order chi connectivity index (χ1) is 13.9. The molecule has 150 valence electrons. The molecular formula is C22H20FNO4S. The third-order valence-electron chi connectivity index (χ3n) is 4.48. The van der Waals surface area contributed by atoms with Gasteiger partial charge in [0.1, 0.15) is 11.6 Å². The number of methoxy groups -OCH3 is 1. The van der Waals surface area contributed by atoms with E-state index in [9.17, 15) is 19.1 Å². The molecule has 1 atom stereocenters. The molecule has 0 aliphatic rings. The van der Waals surface area contributed by atoms with Gasteiger partial charge in [-0.15, -0.1) is 11.3 Å². The number of benzene rings is 2. The van der Waals surface area contributed by atoms with Crippen LogP contribution < -0.4 is 10.1 Å². The van der Waals surface area contributed by atoms with Crippen LogP contribution in [-0.4, -0.2) is 24.1 Å². The van der Waals surface area contributed by atoms with Crippen molar-refractivity contribution in [2.45, 2.75) is 19.4 Å². The molecule has 1 amide bonds. The van der Waals surface area contributed by atoms with E-state index in [0.717, 1.165) is 16.0 Å². The summed E-state index contributed by atoms with van der Waals surface area (Å²) in [6.45, 7) is 1.89. The molecule has 5 nitrogen and oxygen atoms in total. The number of carbonyl (C=O) groups is 2. The zero-order chi connectivity index (χ0) is 21.0. The second-order valence-electron chi connectivity index (χ2n) is 6.49. The average molecular weight is 413 g/mol. The summed E-state index contributed by atoms with van der Waals surface area (Å²) < 4.78 is 18.4. The van der Waals surface area contributed by atoms with E-state index in [1.165, 1.54) is 30.6 Å². The van der Waals surface area contributed by atoms with Gasteiger partial charge in [0.2, 0.25) is 0 Å². The molecule has 1 unspecified atom stereocenters. The normalized spacial score (nSPS) is 11.7. The molecule has 1 aromatic heterocycles. The van der Waals surface area contributed by atoms with E-state index in [1.54, 1.807) is 42.5 Å². The molecule has 0 saturated carbocycles. The van der Waals surface area contributed by atoms with E-state index in [4.69, 9.17) is 4.74 Å². The van der Waals surface area contributed by atoms with E-state index in [2.05, 4.69) is 5.32 Å². The summed E-state index contributed by atoms with van der Waals surface area (Å²) in [6, 6.07) is 14.1. The molecule has 0 aliphatic carbocycles. The Hall–Kier alpha value is -3.19.